The molecule has 0 spiro atoms. The van der Waals surface area contributed by atoms with Crippen LogP contribution in [0.15, 0.2) is 47.4 Å². The van der Waals surface area contributed by atoms with E-state index in [1.165, 1.54) is 15.4 Å². The van der Waals surface area contributed by atoms with Crippen molar-refractivity contribution in [2.75, 3.05) is 31.1 Å². The van der Waals surface area contributed by atoms with Gasteiger partial charge in [0.2, 0.25) is 10.0 Å². The summed E-state index contributed by atoms with van der Waals surface area (Å²) in [6.45, 7) is 6.21. The van der Waals surface area contributed by atoms with Gasteiger partial charge >= 0.3 is 0 Å². The summed E-state index contributed by atoms with van der Waals surface area (Å²) < 4.78 is 27.7. The van der Waals surface area contributed by atoms with Crippen LogP contribution in [0, 0.1) is 0 Å². The predicted molar refractivity (Wildman–Crippen MR) is 128 cm³/mol. The van der Waals surface area contributed by atoms with Crippen LogP contribution in [0.4, 0.5) is 5.69 Å². The molecule has 1 aliphatic carbocycles. The van der Waals surface area contributed by atoms with Gasteiger partial charge in [-0.2, -0.15) is 4.31 Å². The molecule has 7 heteroatoms. The Balaban J connectivity index is 1.70. The molecular weight excluding hydrogens is 422 g/mol. The largest absolute Gasteiger partial charge is 0.371 e. The molecule has 0 radical (unpaired) electrons. The first-order valence-electron chi connectivity index (χ1n) is 11.7. The lowest BCUT2D eigenvalue weighted by molar-refractivity contribution is 0.0933. The fourth-order valence-electron chi connectivity index (χ4n) is 4.94. The third-order valence-electron chi connectivity index (χ3n) is 6.68. The minimum Gasteiger partial charge on any atom is -0.371 e. The first kappa shape index (κ1) is 22.8. The number of sulfonamides is 1. The van der Waals surface area contributed by atoms with Crippen molar-refractivity contribution in [3.63, 3.8) is 0 Å². The second-order valence-corrected chi connectivity index (χ2v) is 10.5. The van der Waals surface area contributed by atoms with E-state index in [0.717, 1.165) is 50.9 Å². The molecule has 1 fully saturated rings. The van der Waals surface area contributed by atoms with Gasteiger partial charge in [-0.1, -0.05) is 38.1 Å². The van der Waals surface area contributed by atoms with E-state index in [4.69, 9.17) is 0 Å². The van der Waals surface area contributed by atoms with Crippen molar-refractivity contribution >= 4 is 21.6 Å². The van der Waals surface area contributed by atoms with Crippen LogP contribution in [-0.2, 0) is 16.4 Å². The maximum atomic E-state index is 13.5. The minimum absolute atomic E-state index is 0.0538. The Morgan fingerprint density at radius 3 is 2.50 bits per heavy atom. The van der Waals surface area contributed by atoms with Gasteiger partial charge in [0.25, 0.3) is 5.91 Å². The second-order valence-electron chi connectivity index (χ2n) is 8.58. The van der Waals surface area contributed by atoms with Crippen LogP contribution in [0.5, 0.6) is 0 Å². The Labute approximate surface area is 191 Å². The molecule has 172 valence electrons. The van der Waals surface area contributed by atoms with Gasteiger partial charge in [-0.25, -0.2) is 8.42 Å². The van der Waals surface area contributed by atoms with Gasteiger partial charge < -0.3 is 10.2 Å². The van der Waals surface area contributed by atoms with E-state index in [1.807, 2.05) is 32.0 Å². The molecule has 1 aliphatic heterocycles. The number of rotatable bonds is 7. The zero-order valence-electron chi connectivity index (χ0n) is 19.0. The van der Waals surface area contributed by atoms with E-state index < -0.39 is 10.0 Å². The molecule has 0 aromatic heterocycles. The smallest absolute Gasteiger partial charge is 0.253 e. The molecule has 2 aromatic carbocycles. The molecule has 1 N–H and O–H groups in total. The molecule has 1 unspecified atom stereocenters. The summed E-state index contributed by atoms with van der Waals surface area (Å²) in [5.74, 6) is -0.204. The Kier molecular flexibility index (Phi) is 6.86. The minimum atomic E-state index is -3.64. The number of carbonyl (C=O) groups is 1. The van der Waals surface area contributed by atoms with E-state index in [-0.39, 0.29) is 16.8 Å². The molecule has 0 bridgehead atoms. The molecule has 4 rings (SSSR count). The van der Waals surface area contributed by atoms with E-state index in [9.17, 15) is 13.2 Å². The highest BCUT2D eigenvalue weighted by molar-refractivity contribution is 7.89. The van der Waals surface area contributed by atoms with Crippen LogP contribution in [0.1, 0.15) is 67.1 Å². The number of carbonyl (C=O) groups excluding carboxylic acids is 1. The predicted octanol–water partition coefficient (Wildman–Crippen LogP) is 4.12. The highest BCUT2D eigenvalue weighted by Gasteiger charge is 2.28. The molecule has 1 saturated heterocycles. The van der Waals surface area contributed by atoms with Crippen molar-refractivity contribution in [3.05, 3.63) is 59.2 Å². The van der Waals surface area contributed by atoms with Crippen LogP contribution in [0.2, 0.25) is 0 Å². The molecule has 32 heavy (non-hydrogen) atoms. The van der Waals surface area contributed by atoms with Gasteiger partial charge in [-0.15, -0.1) is 0 Å². The number of benzene rings is 2. The SMILES string of the molecule is CCN(CC)S(=O)(=O)c1ccc(N2CCCC2)c(C(=O)NC2CCCc3ccccc32)c1. The Bertz CT molecular complexity index is 1070. The van der Waals surface area contributed by atoms with Crippen LogP contribution in [0.25, 0.3) is 0 Å². The molecule has 1 atom stereocenters. The summed E-state index contributed by atoms with van der Waals surface area (Å²) in [6.07, 6.45) is 5.10. The number of fused-ring (bicyclic) bond motifs is 1. The summed E-state index contributed by atoms with van der Waals surface area (Å²) in [5, 5.41) is 3.22. The zero-order valence-corrected chi connectivity index (χ0v) is 19.8. The highest BCUT2D eigenvalue weighted by atomic mass is 32.2. The van der Waals surface area contributed by atoms with E-state index in [1.54, 1.807) is 12.1 Å². The maximum Gasteiger partial charge on any atom is 0.253 e. The van der Waals surface area contributed by atoms with Crippen molar-refractivity contribution in [1.82, 2.24) is 9.62 Å². The Morgan fingerprint density at radius 1 is 1.06 bits per heavy atom. The summed E-state index contributed by atoms with van der Waals surface area (Å²) in [5.41, 5.74) is 3.72. The third kappa shape index (κ3) is 4.41. The monoisotopic (exact) mass is 455 g/mol. The lowest BCUT2D eigenvalue weighted by Gasteiger charge is -2.28. The number of hydrogen-bond acceptors (Lipinski definition) is 4. The molecule has 1 amide bonds. The van der Waals surface area contributed by atoms with E-state index in [2.05, 4.69) is 22.3 Å². The first-order chi connectivity index (χ1) is 15.5. The van der Waals surface area contributed by atoms with Crippen LogP contribution in [-0.4, -0.2) is 44.8 Å². The fraction of sp³-hybridized carbons (Fsp3) is 0.480. The average molecular weight is 456 g/mol. The van der Waals surface area contributed by atoms with Crippen molar-refractivity contribution in [2.45, 2.75) is 56.9 Å². The van der Waals surface area contributed by atoms with Crippen molar-refractivity contribution in [3.8, 4) is 0 Å². The van der Waals surface area contributed by atoms with E-state index >= 15 is 0 Å². The van der Waals surface area contributed by atoms with Crippen LogP contribution in [0.3, 0.4) is 0 Å². The van der Waals surface area contributed by atoms with Gasteiger partial charge in [0.05, 0.1) is 16.5 Å². The van der Waals surface area contributed by atoms with Gasteiger partial charge in [0.1, 0.15) is 0 Å². The van der Waals surface area contributed by atoms with Gasteiger partial charge in [-0.3, -0.25) is 4.79 Å². The number of anilines is 1. The third-order valence-corrected chi connectivity index (χ3v) is 8.72. The highest BCUT2D eigenvalue weighted by Crippen LogP contribution is 2.32. The molecule has 0 saturated carbocycles. The Hall–Kier alpha value is -2.38. The number of nitrogens with zero attached hydrogens (tertiary/aromatic N) is 2. The van der Waals surface area contributed by atoms with Crippen molar-refractivity contribution < 1.29 is 13.2 Å². The lowest BCUT2D eigenvalue weighted by atomic mass is 9.87. The average Bonchev–Trinajstić information content (AvgIpc) is 3.34. The first-order valence-corrected chi connectivity index (χ1v) is 13.2. The topological polar surface area (TPSA) is 69.7 Å². The van der Waals surface area contributed by atoms with Gasteiger partial charge in [-0.05, 0) is 61.4 Å². The summed E-state index contributed by atoms with van der Waals surface area (Å²) >= 11 is 0. The maximum absolute atomic E-state index is 13.5. The number of nitrogens with one attached hydrogen (secondary N) is 1. The number of hydrogen-bond donors (Lipinski definition) is 1. The normalized spacial score (nSPS) is 18.6. The number of amides is 1. The summed E-state index contributed by atoms with van der Waals surface area (Å²) in [6, 6.07) is 13.2. The quantitative estimate of drug-likeness (QED) is 0.682. The molecule has 2 aromatic rings. The van der Waals surface area contributed by atoms with Crippen LogP contribution < -0.4 is 10.2 Å². The summed E-state index contributed by atoms with van der Waals surface area (Å²) in [4.78, 5) is 15.9. The van der Waals surface area contributed by atoms with E-state index in [0.29, 0.717) is 18.7 Å². The fourth-order valence-corrected chi connectivity index (χ4v) is 6.43. The lowest BCUT2D eigenvalue weighted by Crippen LogP contribution is -2.34. The number of aryl methyl sites for hydroxylation is 1. The second kappa shape index (κ2) is 9.63. The molecule has 6 nitrogen and oxygen atoms in total. The summed E-state index contributed by atoms with van der Waals surface area (Å²) in [7, 11) is -3.64. The van der Waals surface area contributed by atoms with Gasteiger partial charge in [0, 0.05) is 31.9 Å². The van der Waals surface area contributed by atoms with Crippen LogP contribution >= 0.6 is 0 Å². The molecule has 1 heterocycles. The standard InChI is InChI=1S/C25H33N3O3S/c1-3-28(4-2)32(30,31)20-14-15-24(27-16-7-8-17-27)22(18-20)25(29)26-23-13-9-11-19-10-5-6-12-21(19)23/h5-6,10,12,14-15,18,23H,3-4,7-9,11,13,16-17H2,1-2H3,(H,26,29). The molecule has 2 aliphatic rings. The van der Waals surface area contributed by atoms with Crippen molar-refractivity contribution in [1.29, 1.82) is 0 Å². The van der Waals surface area contributed by atoms with Crippen molar-refractivity contribution in [2.24, 2.45) is 0 Å². The zero-order chi connectivity index (χ0) is 22.7. The van der Waals surface area contributed by atoms with Gasteiger partial charge in [0.15, 0.2) is 0 Å². The molecular formula is C25H33N3O3S. The Morgan fingerprint density at radius 2 is 1.78 bits per heavy atom.